The molecule has 0 aromatic carbocycles. The summed E-state index contributed by atoms with van der Waals surface area (Å²) in [6.45, 7) is 0.214. The third kappa shape index (κ3) is 3.10. The highest BCUT2D eigenvalue weighted by Gasteiger charge is 2.18. The Morgan fingerprint density at radius 1 is 1.44 bits per heavy atom. The van der Waals surface area contributed by atoms with Crippen LogP contribution in [-0.2, 0) is 16.6 Å². The molecule has 0 unspecified atom stereocenters. The van der Waals surface area contributed by atoms with Gasteiger partial charge < -0.3 is 0 Å². The van der Waals surface area contributed by atoms with Crippen molar-refractivity contribution in [3.05, 3.63) is 44.3 Å². The number of pyridine rings is 1. The molecule has 0 bridgehead atoms. The minimum Gasteiger partial charge on any atom is -0.243 e. The fourth-order valence-corrected chi connectivity index (χ4v) is 4.23. The predicted octanol–water partition coefficient (Wildman–Crippen LogP) is 3.04. The van der Waals surface area contributed by atoms with Crippen LogP contribution in [-0.4, -0.2) is 13.4 Å². The van der Waals surface area contributed by atoms with Crippen LogP contribution in [0.2, 0.25) is 5.15 Å². The second kappa shape index (κ2) is 5.66. The van der Waals surface area contributed by atoms with E-state index in [-0.39, 0.29) is 16.6 Å². The fourth-order valence-electron chi connectivity index (χ4n) is 1.26. The van der Waals surface area contributed by atoms with Gasteiger partial charge in [0.1, 0.15) is 10.0 Å². The number of hydrogen-bond donors (Lipinski definition) is 1. The molecule has 0 aliphatic rings. The van der Waals surface area contributed by atoms with Gasteiger partial charge in [-0.15, -0.1) is 11.3 Å². The van der Waals surface area contributed by atoms with Crippen LogP contribution in [0.3, 0.4) is 0 Å². The van der Waals surface area contributed by atoms with Gasteiger partial charge in [0.25, 0.3) is 0 Å². The zero-order valence-electron chi connectivity index (χ0n) is 8.93. The number of halogens is 2. The van der Waals surface area contributed by atoms with Crippen molar-refractivity contribution in [1.82, 2.24) is 9.71 Å². The number of rotatable bonds is 4. The molecule has 0 fully saturated rings. The molecular formula is C10H8BrClN2O2S2. The molecule has 18 heavy (non-hydrogen) atoms. The van der Waals surface area contributed by atoms with Gasteiger partial charge >= 0.3 is 0 Å². The van der Waals surface area contributed by atoms with Crippen molar-refractivity contribution in [2.75, 3.05) is 0 Å². The van der Waals surface area contributed by atoms with Gasteiger partial charge in [-0.1, -0.05) is 11.6 Å². The summed E-state index contributed by atoms with van der Waals surface area (Å²) >= 11 is 10.6. The largest absolute Gasteiger partial charge is 0.243 e. The van der Waals surface area contributed by atoms with Gasteiger partial charge in [0.2, 0.25) is 10.0 Å². The van der Waals surface area contributed by atoms with Crippen LogP contribution in [0.15, 0.2) is 39.1 Å². The summed E-state index contributed by atoms with van der Waals surface area (Å²) < 4.78 is 27.4. The molecule has 2 rings (SSSR count). The lowest BCUT2D eigenvalue weighted by Gasteiger charge is -2.06. The highest BCUT2D eigenvalue weighted by Crippen LogP contribution is 2.23. The molecule has 2 aromatic heterocycles. The molecule has 8 heteroatoms. The zero-order valence-corrected chi connectivity index (χ0v) is 12.9. The Balaban J connectivity index is 2.19. The lowest BCUT2D eigenvalue weighted by atomic mass is 10.5. The van der Waals surface area contributed by atoms with E-state index in [1.165, 1.54) is 29.7 Å². The Labute approximate surface area is 122 Å². The van der Waals surface area contributed by atoms with E-state index in [1.807, 2.05) is 11.4 Å². The summed E-state index contributed by atoms with van der Waals surface area (Å²) in [6.07, 6.45) is 1.44. The summed E-state index contributed by atoms with van der Waals surface area (Å²) in [5.74, 6) is 0. The first kappa shape index (κ1) is 14.0. The first-order valence-electron chi connectivity index (χ1n) is 4.83. The Kier molecular flexibility index (Phi) is 4.39. The van der Waals surface area contributed by atoms with Crippen LogP contribution in [0.1, 0.15) is 4.88 Å². The highest BCUT2D eigenvalue weighted by atomic mass is 79.9. The second-order valence-corrected chi connectivity index (χ2v) is 7.26. The van der Waals surface area contributed by atoms with E-state index in [9.17, 15) is 8.42 Å². The van der Waals surface area contributed by atoms with E-state index in [0.717, 1.165) is 9.35 Å². The molecule has 0 amide bonds. The SMILES string of the molecule is O=S(=O)(NCc1sccc1Br)c1cccnc1Cl. The molecule has 0 spiro atoms. The number of thiophene rings is 1. The summed E-state index contributed by atoms with van der Waals surface area (Å²) in [5, 5.41) is 1.85. The average Bonchev–Trinajstić information content (AvgIpc) is 2.73. The van der Waals surface area contributed by atoms with Crippen LogP contribution >= 0.6 is 38.9 Å². The number of hydrogen-bond acceptors (Lipinski definition) is 4. The molecule has 0 saturated heterocycles. The molecule has 4 nitrogen and oxygen atoms in total. The van der Waals surface area contributed by atoms with E-state index in [0.29, 0.717) is 0 Å². The molecule has 0 atom stereocenters. The Morgan fingerprint density at radius 2 is 2.22 bits per heavy atom. The maximum atomic E-state index is 12.0. The van der Waals surface area contributed by atoms with Crippen molar-refractivity contribution in [1.29, 1.82) is 0 Å². The zero-order chi connectivity index (χ0) is 13.2. The van der Waals surface area contributed by atoms with E-state index in [1.54, 1.807) is 0 Å². The van der Waals surface area contributed by atoms with Crippen molar-refractivity contribution in [2.45, 2.75) is 11.4 Å². The minimum atomic E-state index is -3.64. The van der Waals surface area contributed by atoms with Gasteiger partial charge in [0.15, 0.2) is 0 Å². The number of sulfonamides is 1. The van der Waals surface area contributed by atoms with Crippen molar-refractivity contribution in [3.63, 3.8) is 0 Å². The smallest absolute Gasteiger partial charge is 0.243 e. The molecule has 1 N–H and O–H groups in total. The third-order valence-corrected chi connectivity index (χ3v) is 5.90. The fraction of sp³-hybridized carbons (Fsp3) is 0.100. The first-order chi connectivity index (χ1) is 8.50. The maximum absolute atomic E-state index is 12.0. The molecule has 0 radical (unpaired) electrons. The monoisotopic (exact) mass is 366 g/mol. The summed E-state index contributed by atoms with van der Waals surface area (Å²) in [4.78, 5) is 4.63. The Hall–Kier alpha value is -0.470. The second-order valence-electron chi connectivity index (χ2n) is 3.31. The summed E-state index contributed by atoms with van der Waals surface area (Å²) in [5.41, 5.74) is 0. The third-order valence-electron chi connectivity index (χ3n) is 2.13. The summed E-state index contributed by atoms with van der Waals surface area (Å²) in [7, 11) is -3.64. The topological polar surface area (TPSA) is 59.1 Å². The van der Waals surface area contributed by atoms with Crippen LogP contribution in [0.4, 0.5) is 0 Å². The average molecular weight is 368 g/mol. The van der Waals surface area contributed by atoms with E-state index >= 15 is 0 Å². The van der Waals surface area contributed by atoms with Crippen LogP contribution in [0.5, 0.6) is 0 Å². The maximum Gasteiger partial charge on any atom is 0.243 e. The lowest BCUT2D eigenvalue weighted by molar-refractivity contribution is 0.581. The molecule has 96 valence electrons. The molecule has 2 aromatic rings. The van der Waals surface area contributed by atoms with Crippen LogP contribution in [0.25, 0.3) is 0 Å². The Morgan fingerprint density at radius 3 is 2.83 bits per heavy atom. The summed E-state index contributed by atoms with van der Waals surface area (Å²) in [6, 6.07) is 4.81. The first-order valence-corrected chi connectivity index (χ1v) is 8.36. The molecule has 0 saturated carbocycles. The lowest BCUT2D eigenvalue weighted by Crippen LogP contribution is -2.23. The van der Waals surface area contributed by atoms with Gasteiger partial charge in [-0.05, 0) is 39.5 Å². The number of nitrogens with zero attached hydrogens (tertiary/aromatic N) is 1. The van der Waals surface area contributed by atoms with Gasteiger partial charge in [-0.3, -0.25) is 0 Å². The number of nitrogens with one attached hydrogen (secondary N) is 1. The van der Waals surface area contributed by atoms with Crippen molar-refractivity contribution in [2.24, 2.45) is 0 Å². The number of aromatic nitrogens is 1. The molecule has 0 aliphatic carbocycles. The van der Waals surface area contributed by atoms with Crippen molar-refractivity contribution < 1.29 is 8.42 Å². The van der Waals surface area contributed by atoms with Crippen molar-refractivity contribution >= 4 is 48.9 Å². The minimum absolute atomic E-state index is 0.0145. The van der Waals surface area contributed by atoms with Crippen molar-refractivity contribution in [3.8, 4) is 0 Å². The normalized spacial score (nSPS) is 11.7. The predicted molar refractivity (Wildman–Crippen MR) is 75.3 cm³/mol. The van der Waals surface area contributed by atoms with Gasteiger partial charge in [-0.25, -0.2) is 18.1 Å². The molecule has 0 aliphatic heterocycles. The molecule has 2 heterocycles. The Bertz CT molecular complexity index is 657. The quantitative estimate of drug-likeness (QED) is 0.845. The van der Waals surface area contributed by atoms with E-state index in [2.05, 4.69) is 25.6 Å². The highest BCUT2D eigenvalue weighted by molar-refractivity contribution is 9.10. The molecular weight excluding hydrogens is 360 g/mol. The van der Waals surface area contributed by atoms with Crippen LogP contribution in [0, 0.1) is 0 Å². The standard InChI is InChI=1S/C10H8BrClN2O2S2/c11-7-3-5-17-8(7)6-14-18(15,16)9-2-1-4-13-10(9)12/h1-5,14H,6H2. The van der Waals surface area contributed by atoms with Gasteiger partial charge in [-0.2, -0.15) is 0 Å². The van der Waals surface area contributed by atoms with E-state index < -0.39 is 10.0 Å². The van der Waals surface area contributed by atoms with Gasteiger partial charge in [0, 0.05) is 22.1 Å². The van der Waals surface area contributed by atoms with E-state index in [4.69, 9.17) is 11.6 Å². The van der Waals surface area contributed by atoms with Gasteiger partial charge in [0.05, 0.1) is 0 Å². The van der Waals surface area contributed by atoms with Crippen LogP contribution < -0.4 is 4.72 Å².